The van der Waals surface area contributed by atoms with Crippen LogP contribution in [0.3, 0.4) is 0 Å². The summed E-state index contributed by atoms with van der Waals surface area (Å²) in [6.45, 7) is 5.07. The molecule has 1 aromatic rings. The summed E-state index contributed by atoms with van der Waals surface area (Å²) in [4.78, 5) is 0. The summed E-state index contributed by atoms with van der Waals surface area (Å²) in [7, 11) is 1.72. The predicted octanol–water partition coefficient (Wildman–Crippen LogP) is 1.04. The Labute approximate surface area is 120 Å². The van der Waals surface area contributed by atoms with Gasteiger partial charge >= 0.3 is 0 Å². The molecule has 0 spiro atoms. The van der Waals surface area contributed by atoms with Gasteiger partial charge in [0.25, 0.3) is 0 Å². The summed E-state index contributed by atoms with van der Waals surface area (Å²) < 4.78 is 16.5. The molecule has 20 heavy (non-hydrogen) atoms. The van der Waals surface area contributed by atoms with Gasteiger partial charge in [-0.2, -0.15) is 0 Å². The van der Waals surface area contributed by atoms with E-state index < -0.39 is 0 Å². The van der Waals surface area contributed by atoms with Crippen LogP contribution in [0.15, 0.2) is 24.3 Å². The molecule has 5 nitrogen and oxygen atoms in total. The van der Waals surface area contributed by atoms with Gasteiger partial charge in [0, 0.05) is 20.2 Å². The van der Waals surface area contributed by atoms with Gasteiger partial charge in [-0.3, -0.25) is 0 Å². The minimum absolute atomic E-state index is 0.0892. The maximum absolute atomic E-state index is 5.87. The van der Waals surface area contributed by atoms with Crippen LogP contribution in [0.2, 0.25) is 0 Å². The van der Waals surface area contributed by atoms with E-state index in [1.165, 1.54) is 0 Å². The average Bonchev–Trinajstić information content (AvgIpc) is 2.50. The molecule has 1 aliphatic heterocycles. The highest BCUT2D eigenvalue weighted by Gasteiger charge is 2.19. The Morgan fingerprint density at radius 1 is 1.15 bits per heavy atom. The lowest BCUT2D eigenvalue weighted by Crippen LogP contribution is -2.39. The van der Waals surface area contributed by atoms with Crippen LogP contribution in [-0.4, -0.2) is 52.6 Å². The molecule has 1 aromatic carbocycles. The van der Waals surface area contributed by atoms with Crippen LogP contribution in [0.5, 0.6) is 11.5 Å². The molecule has 0 radical (unpaired) electrons. The molecule has 5 heteroatoms. The Morgan fingerprint density at radius 2 is 1.95 bits per heavy atom. The standard InChI is InChI=1S/C15H24N2O3/c1-18-10-9-16-7-4-8-17-11-13-12-19-14-5-2-3-6-15(14)20-13/h2-3,5-6,13,16-17H,4,7-12H2,1H3. The molecular formula is C15H24N2O3. The SMILES string of the molecule is COCCNCCCNCC1COc2ccccc2O1. The number of fused-ring (bicyclic) bond motifs is 1. The molecular weight excluding hydrogens is 256 g/mol. The molecule has 2 rings (SSSR count). The number of hydrogen-bond donors (Lipinski definition) is 2. The number of methoxy groups -OCH3 is 1. The van der Waals surface area contributed by atoms with Crippen LogP contribution in [0.25, 0.3) is 0 Å². The second kappa shape index (κ2) is 8.79. The maximum atomic E-state index is 5.87. The fraction of sp³-hybridized carbons (Fsp3) is 0.600. The van der Waals surface area contributed by atoms with Crippen LogP contribution in [0, 0.1) is 0 Å². The van der Waals surface area contributed by atoms with E-state index in [4.69, 9.17) is 14.2 Å². The van der Waals surface area contributed by atoms with E-state index in [0.717, 1.165) is 50.7 Å². The van der Waals surface area contributed by atoms with Crippen LogP contribution in [0.4, 0.5) is 0 Å². The number of hydrogen-bond acceptors (Lipinski definition) is 5. The fourth-order valence-corrected chi connectivity index (χ4v) is 2.06. The lowest BCUT2D eigenvalue weighted by atomic mass is 10.2. The largest absolute Gasteiger partial charge is 0.486 e. The van der Waals surface area contributed by atoms with E-state index >= 15 is 0 Å². The van der Waals surface area contributed by atoms with Crippen molar-refractivity contribution >= 4 is 0 Å². The van der Waals surface area contributed by atoms with Gasteiger partial charge in [0.05, 0.1) is 6.61 Å². The smallest absolute Gasteiger partial charge is 0.161 e. The Hall–Kier alpha value is -1.30. The van der Waals surface area contributed by atoms with Crippen LogP contribution < -0.4 is 20.1 Å². The highest BCUT2D eigenvalue weighted by molar-refractivity contribution is 5.40. The van der Waals surface area contributed by atoms with Gasteiger partial charge in [0.15, 0.2) is 11.5 Å². The summed E-state index contributed by atoms with van der Waals surface area (Å²) >= 11 is 0. The molecule has 2 N–H and O–H groups in total. The normalized spacial score (nSPS) is 17.1. The molecule has 1 unspecified atom stereocenters. The number of para-hydroxylation sites is 2. The van der Waals surface area contributed by atoms with E-state index in [1.54, 1.807) is 7.11 Å². The molecule has 1 atom stereocenters. The summed E-state index contributed by atoms with van der Waals surface area (Å²) in [5.74, 6) is 1.68. The Morgan fingerprint density at radius 3 is 2.80 bits per heavy atom. The molecule has 0 bridgehead atoms. The zero-order chi connectivity index (χ0) is 14.0. The highest BCUT2D eigenvalue weighted by Crippen LogP contribution is 2.30. The topological polar surface area (TPSA) is 51.8 Å². The first-order valence-electron chi connectivity index (χ1n) is 7.19. The highest BCUT2D eigenvalue weighted by atomic mass is 16.6. The van der Waals surface area contributed by atoms with Gasteiger partial charge in [-0.15, -0.1) is 0 Å². The van der Waals surface area contributed by atoms with E-state index in [0.29, 0.717) is 6.61 Å². The molecule has 0 aromatic heterocycles. The number of benzene rings is 1. The summed E-state index contributed by atoms with van der Waals surface area (Å²) in [6, 6.07) is 7.80. The predicted molar refractivity (Wildman–Crippen MR) is 78.6 cm³/mol. The van der Waals surface area contributed by atoms with E-state index in [-0.39, 0.29) is 6.10 Å². The molecule has 0 aliphatic carbocycles. The van der Waals surface area contributed by atoms with Crippen molar-refractivity contribution in [1.29, 1.82) is 0 Å². The second-order valence-electron chi connectivity index (χ2n) is 4.80. The number of nitrogens with one attached hydrogen (secondary N) is 2. The zero-order valence-corrected chi connectivity index (χ0v) is 12.1. The van der Waals surface area contributed by atoms with Crippen LogP contribution in [0.1, 0.15) is 6.42 Å². The lowest BCUT2D eigenvalue weighted by molar-refractivity contribution is 0.0905. The molecule has 0 saturated carbocycles. The van der Waals surface area contributed by atoms with Gasteiger partial charge < -0.3 is 24.8 Å². The summed E-state index contributed by atoms with van der Waals surface area (Å²) in [6.07, 6.45) is 1.18. The van der Waals surface area contributed by atoms with E-state index in [9.17, 15) is 0 Å². The number of ether oxygens (including phenoxy) is 3. The van der Waals surface area contributed by atoms with Gasteiger partial charge in [-0.1, -0.05) is 12.1 Å². The van der Waals surface area contributed by atoms with E-state index in [2.05, 4.69) is 10.6 Å². The zero-order valence-electron chi connectivity index (χ0n) is 12.1. The minimum Gasteiger partial charge on any atom is -0.486 e. The van der Waals surface area contributed by atoms with E-state index in [1.807, 2.05) is 24.3 Å². The van der Waals surface area contributed by atoms with Gasteiger partial charge in [0.2, 0.25) is 0 Å². The first-order valence-corrected chi connectivity index (χ1v) is 7.19. The lowest BCUT2D eigenvalue weighted by Gasteiger charge is -2.26. The molecule has 1 aliphatic rings. The van der Waals surface area contributed by atoms with Gasteiger partial charge in [-0.05, 0) is 31.6 Å². The average molecular weight is 280 g/mol. The van der Waals surface area contributed by atoms with Crippen molar-refractivity contribution in [3.05, 3.63) is 24.3 Å². The first kappa shape index (κ1) is 15.1. The van der Waals surface area contributed by atoms with Crippen molar-refractivity contribution < 1.29 is 14.2 Å². The van der Waals surface area contributed by atoms with Crippen molar-refractivity contribution in [2.24, 2.45) is 0 Å². The first-order chi connectivity index (χ1) is 9.90. The fourth-order valence-electron chi connectivity index (χ4n) is 2.06. The third-order valence-corrected chi connectivity index (χ3v) is 3.13. The Bertz CT molecular complexity index is 387. The quantitative estimate of drug-likeness (QED) is 0.662. The van der Waals surface area contributed by atoms with Crippen molar-refractivity contribution in [1.82, 2.24) is 10.6 Å². The molecule has 112 valence electrons. The maximum Gasteiger partial charge on any atom is 0.161 e. The molecule has 1 heterocycles. The third kappa shape index (κ3) is 5.00. The summed E-state index contributed by atoms with van der Waals surface area (Å²) in [5.41, 5.74) is 0. The second-order valence-corrected chi connectivity index (χ2v) is 4.80. The number of rotatable bonds is 9. The van der Waals surface area contributed by atoms with Gasteiger partial charge in [-0.25, -0.2) is 0 Å². The van der Waals surface area contributed by atoms with Crippen molar-refractivity contribution in [2.45, 2.75) is 12.5 Å². The summed E-state index contributed by atoms with van der Waals surface area (Å²) in [5, 5.41) is 6.72. The minimum atomic E-state index is 0.0892. The van der Waals surface area contributed by atoms with Crippen molar-refractivity contribution in [2.75, 3.05) is 46.5 Å². The van der Waals surface area contributed by atoms with Crippen LogP contribution >= 0.6 is 0 Å². The van der Waals surface area contributed by atoms with Crippen molar-refractivity contribution in [3.63, 3.8) is 0 Å². The Kier molecular flexibility index (Phi) is 6.63. The Balaban J connectivity index is 1.53. The molecule has 0 amide bonds. The monoisotopic (exact) mass is 280 g/mol. The third-order valence-electron chi connectivity index (χ3n) is 3.13. The molecule has 0 saturated heterocycles. The van der Waals surface area contributed by atoms with Crippen LogP contribution in [-0.2, 0) is 4.74 Å². The van der Waals surface area contributed by atoms with Crippen molar-refractivity contribution in [3.8, 4) is 11.5 Å². The van der Waals surface area contributed by atoms with Gasteiger partial charge in [0.1, 0.15) is 12.7 Å². The molecule has 0 fully saturated rings.